The lowest BCUT2D eigenvalue weighted by atomic mass is 10.1. The molecule has 23 heavy (non-hydrogen) atoms. The van der Waals surface area contributed by atoms with Gasteiger partial charge >= 0.3 is 5.88 Å². The first-order valence-corrected chi connectivity index (χ1v) is 8.79. The zero-order valence-electron chi connectivity index (χ0n) is 12.7. The van der Waals surface area contributed by atoms with Crippen LogP contribution in [0.3, 0.4) is 0 Å². The van der Waals surface area contributed by atoms with Crippen molar-refractivity contribution in [1.82, 2.24) is 5.09 Å². The summed E-state index contributed by atoms with van der Waals surface area (Å²) in [7, 11) is -1.58. The normalized spacial score (nSPS) is 15.2. The third-order valence-corrected chi connectivity index (χ3v) is 4.36. The monoisotopic (exact) mass is 350 g/mol. The number of nitrogens with one attached hydrogen (secondary N) is 1. The van der Waals surface area contributed by atoms with Crippen molar-refractivity contribution < 1.29 is 33.4 Å². The van der Waals surface area contributed by atoms with E-state index < -0.39 is 31.0 Å². The molecule has 0 aliphatic carbocycles. The van der Waals surface area contributed by atoms with Gasteiger partial charge in [-0.05, 0) is 6.07 Å². The molecule has 12 heteroatoms. The highest BCUT2D eigenvalue weighted by molar-refractivity contribution is 7.56. The number of ether oxygens (including phenoxy) is 1. The van der Waals surface area contributed by atoms with Gasteiger partial charge in [-0.15, -0.1) is 0 Å². The zero-order chi connectivity index (χ0) is 17.3. The summed E-state index contributed by atoms with van der Waals surface area (Å²) in [5, 5.41) is 31.2. The van der Waals surface area contributed by atoms with Crippen LogP contribution in [-0.2, 0) is 20.4 Å². The first-order valence-electron chi connectivity index (χ1n) is 6.98. The third-order valence-electron chi connectivity index (χ3n) is 2.63. The molecule has 0 aliphatic heterocycles. The number of hydrogen-bond acceptors (Lipinski definition) is 8. The van der Waals surface area contributed by atoms with Crippen LogP contribution in [-0.4, -0.2) is 55.2 Å². The molecular weight excluding hydrogens is 330 g/mol. The minimum absolute atomic E-state index is 0.136. The quantitative estimate of drug-likeness (QED) is 0.154. The lowest BCUT2D eigenvalue weighted by Gasteiger charge is -2.20. The largest absolute Gasteiger partial charge is 0.433 e. The molecule has 1 heterocycles. The maximum atomic E-state index is 12.6. The van der Waals surface area contributed by atoms with E-state index in [0.29, 0.717) is 6.61 Å². The summed E-state index contributed by atoms with van der Waals surface area (Å²) < 4.78 is 28.0. The van der Waals surface area contributed by atoms with Crippen LogP contribution >= 0.6 is 7.52 Å². The van der Waals surface area contributed by atoms with Gasteiger partial charge in [0.1, 0.15) is 31.5 Å². The molecule has 2 unspecified atom stereocenters. The van der Waals surface area contributed by atoms with E-state index in [1.54, 1.807) is 0 Å². The Bertz CT molecular complexity index is 540. The summed E-state index contributed by atoms with van der Waals surface area (Å²) in [6, 6.07) is 2.51. The number of nitrogens with zero attached hydrogens (tertiary/aromatic N) is 1. The number of aliphatic hydroxyl groups excluding tert-OH is 2. The van der Waals surface area contributed by atoms with Crippen LogP contribution in [0.5, 0.6) is 0 Å². The van der Waals surface area contributed by atoms with Crippen molar-refractivity contribution in [2.75, 3.05) is 26.1 Å². The molecule has 3 N–H and O–H groups in total. The van der Waals surface area contributed by atoms with Crippen molar-refractivity contribution in [2.24, 2.45) is 0 Å². The number of nitro groups is 1. The predicted molar refractivity (Wildman–Crippen MR) is 83.0 cm³/mol. The Labute approximate surface area is 133 Å². The molecule has 1 aromatic rings. The van der Waals surface area contributed by atoms with Crippen molar-refractivity contribution in [3.63, 3.8) is 0 Å². The highest BCUT2D eigenvalue weighted by Gasteiger charge is 2.25. The highest BCUT2D eigenvalue weighted by atomic mass is 31.2. The van der Waals surface area contributed by atoms with Crippen LogP contribution in [0.15, 0.2) is 16.5 Å². The molecule has 0 fully saturated rings. The molecular formula is C11H20BN2O8P. The van der Waals surface area contributed by atoms with E-state index in [1.165, 1.54) is 12.1 Å². The van der Waals surface area contributed by atoms with Crippen LogP contribution in [0.4, 0.5) is 5.88 Å². The molecule has 0 saturated heterocycles. The van der Waals surface area contributed by atoms with Gasteiger partial charge in [-0.1, -0.05) is 6.32 Å². The van der Waals surface area contributed by atoms with Gasteiger partial charge in [-0.25, -0.2) is 5.09 Å². The maximum absolute atomic E-state index is 12.6. The summed E-state index contributed by atoms with van der Waals surface area (Å²) in [5.74, 6) is -0.304. The Kier molecular flexibility index (Phi) is 8.46. The molecule has 0 spiro atoms. The topological polar surface area (TPSA) is 144 Å². The van der Waals surface area contributed by atoms with Crippen LogP contribution in [0.25, 0.3) is 0 Å². The molecule has 0 radical (unpaired) electrons. The second-order valence-corrected chi connectivity index (χ2v) is 6.86. The molecule has 10 nitrogen and oxygen atoms in total. The SMILES string of the molecule is BCCOCP(=O)(NCC(O)CO)OCc1ccc([N+](=O)[O-])o1. The van der Waals surface area contributed by atoms with Crippen molar-refractivity contribution >= 4 is 21.3 Å². The van der Waals surface area contributed by atoms with E-state index in [9.17, 15) is 19.8 Å². The van der Waals surface area contributed by atoms with Crippen LogP contribution in [0.1, 0.15) is 5.76 Å². The Morgan fingerprint density at radius 2 is 2.26 bits per heavy atom. The molecule has 0 aromatic carbocycles. The van der Waals surface area contributed by atoms with Crippen molar-refractivity contribution in [3.8, 4) is 0 Å². The molecule has 1 rings (SSSR count). The van der Waals surface area contributed by atoms with Crippen molar-refractivity contribution in [3.05, 3.63) is 28.0 Å². The van der Waals surface area contributed by atoms with Gasteiger partial charge in [0.2, 0.25) is 0 Å². The van der Waals surface area contributed by atoms with Crippen LogP contribution in [0, 0.1) is 10.1 Å². The summed E-state index contributed by atoms with van der Waals surface area (Å²) >= 11 is 0. The van der Waals surface area contributed by atoms with E-state index in [2.05, 4.69) is 5.09 Å². The number of rotatable bonds is 12. The fraction of sp³-hybridized carbons (Fsp3) is 0.636. The lowest BCUT2D eigenvalue weighted by Crippen LogP contribution is -2.29. The number of furan rings is 1. The van der Waals surface area contributed by atoms with Crippen LogP contribution in [0.2, 0.25) is 6.32 Å². The average molecular weight is 350 g/mol. The van der Waals surface area contributed by atoms with E-state index in [-0.39, 0.29) is 25.3 Å². The smallest absolute Gasteiger partial charge is 0.403 e. The van der Waals surface area contributed by atoms with Gasteiger partial charge < -0.3 is 23.9 Å². The van der Waals surface area contributed by atoms with E-state index in [0.717, 1.165) is 6.32 Å². The van der Waals surface area contributed by atoms with Gasteiger partial charge in [0.05, 0.1) is 18.8 Å². The first kappa shape index (κ1) is 19.8. The van der Waals surface area contributed by atoms with Gasteiger partial charge in [-0.3, -0.25) is 14.7 Å². The summed E-state index contributed by atoms with van der Waals surface area (Å²) in [6.07, 6.45) is -0.603. The first-order chi connectivity index (χ1) is 10.9. The lowest BCUT2D eigenvalue weighted by molar-refractivity contribution is -0.402. The van der Waals surface area contributed by atoms with Crippen molar-refractivity contribution in [2.45, 2.75) is 19.0 Å². The standard InChI is InChI=1S/C11H20BN2O8P/c12-3-4-20-8-23(19,13-5-9(16)6-15)21-7-10-1-2-11(22-10)14(17)18/h1-2,9,15-16H,3-8,12H2,(H,13,19). The fourth-order valence-electron chi connectivity index (χ4n) is 1.48. The average Bonchev–Trinajstić information content (AvgIpc) is 3.00. The summed E-state index contributed by atoms with van der Waals surface area (Å²) in [6.45, 7) is -0.526. The molecule has 130 valence electrons. The molecule has 0 aliphatic rings. The third kappa shape index (κ3) is 7.25. The van der Waals surface area contributed by atoms with Gasteiger partial charge in [-0.2, -0.15) is 0 Å². The Morgan fingerprint density at radius 1 is 1.52 bits per heavy atom. The van der Waals surface area contributed by atoms with Crippen LogP contribution < -0.4 is 5.09 Å². The van der Waals surface area contributed by atoms with E-state index in [1.807, 2.05) is 7.85 Å². The minimum Gasteiger partial charge on any atom is -0.403 e. The summed E-state index contributed by atoms with van der Waals surface area (Å²) in [4.78, 5) is 9.84. The summed E-state index contributed by atoms with van der Waals surface area (Å²) in [5.41, 5.74) is 0. The number of hydrogen-bond donors (Lipinski definition) is 3. The van der Waals surface area contributed by atoms with Gasteiger partial charge in [0.25, 0.3) is 7.52 Å². The Hall–Kier alpha value is -1.23. The van der Waals surface area contributed by atoms with Crippen molar-refractivity contribution in [1.29, 1.82) is 0 Å². The van der Waals surface area contributed by atoms with Gasteiger partial charge in [0, 0.05) is 13.2 Å². The molecule has 0 bridgehead atoms. The van der Waals surface area contributed by atoms with Gasteiger partial charge in [0.15, 0.2) is 0 Å². The second-order valence-electron chi connectivity index (χ2n) is 4.68. The molecule has 0 saturated carbocycles. The fourth-order valence-corrected chi connectivity index (χ4v) is 2.93. The van der Waals surface area contributed by atoms with E-state index >= 15 is 0 Å². The molecule has 1 aromatic heterocycles. The highest BCUT2D eigenvalue weighted by Crippen LogP contribution is 2.43. The Morgan fingerprint density at radius 3 is 2.83 bits per heavy atom. The zero-order valence-corrected chi connectivity index (χ0v) is 13.6. The molecule has 0 amide bonds. The predicted octanol–water partition coefficient (Wildman–Crippen LogP) is -0.134. The Balaban J connectivity index is 2.62. The second kappa shape index (κ2) is 9.81. The number of aliphatic hydroxyl groups is 2. The molecule has 2 atom stereocenters. The minimum atomic E-state index is -3.47. The maximum Gasteiger partial charge on any atom is 0.433 e. The van der Waals surface area contributed by atoms with E-state index in [4.69, 9.17) is 18.8 Å².